The van der Waals surface area contributed by atoms with Crippen molar-refractivity contribution in [2.45, 2.75) is 20.0 Å². The molecule has 1 heterocycles. The molecule has 16 heavy (non-hydrogen) atoms. The SMILES string of the molecule is Cc1cccc(CNCc2ccco2)c1F. The van der Waals surface area contributed by atoms with E-state index in [2.05, 4.69) is 5.32 Å². The molecule has 1 aromatic carbocycles. The van der Waals surface area contributed by atoms with E-state index in [1.807, 2.05) is 18.2 Å². The summed E-state index contributed by atoms with van der Waals surface area (Å²) < 4.78 is 18.8. The molecule has 0 unspecified atom stereocenters. The minimum absolute atomic E-state index is 0.130. The van der Waals surface area contributed by atoms with Gasteiger partial charge in [0, 0.05) is 12.1 Å². The van der Waals surface area contributed by atoms with Crippen molar-refractivity contribution in [2.75, 3.05) is 0 Å². The smallest absolute Gasteiger partial charge is 0.130 e. The summed E-state index contributed by atoms with van der Waals surface area (Å²) in [6, 6.07) is 9.15. The maximum absolute atomic E-state index is 13.6. The fraction of sp³-hybridized carbons (Fsp3) is 0.231. The molecule has 0 aliphatic rings. The van der Waals surface area contributed by atoms with Crippen LogP contribution >= 0.6 is 0 Å². The number of halogens is 1. The number of hydrogen-bond donors (Lipinski definition) is 1. The van der Waals surface area contributed by atoms with Gasteiger partial charge in [0.05, 0.1) is 12.8 Å². The lowest BCUT2D eigenvalue weighted by atomic mass is 10.1. The van der Waals surface area contributed by atoms with Gasteiger partial charge in [0.1, 0.15) is 11.6 Å². The first-order chi connectivity index (χ1) is 7.77. The quantitative estimate of drug-likeness (QED) is 0.855. The first-order valence-electron chi connectivity index (χ1n) is 5.24. The van der Waals surface area contributed by atoms with Crippen molar-refractivity contribution in [3.05, 3.63) is 59.3 Å². The molecule has 2 nitrogen and oxygen atoms in total. The van der Waals surface area contributed by atoms with Crippen LogP contribution in [0.3, 0.4) is 0 Å². The summed E-state index contributed by atoms with van der Waals surface area (Å²) in [4.78, 5) is 0. The molecule has 0 saturated carbocycles. The van der Waals surface area contributed by atoms with Gasteiger partial charge in [-0.1, -0.05) is 18.2 Å². The first-order valence-corrected chi connectivity index (χ1v) is 5.24. The van der Waals surface area contributed by atoms with E-state index >= 15 is 0 Å². The Bertz CT molecular complexity index is 451. The molecule has 0 bridgehead atoms. The highest BCUT2D eigenvalue weighted by Gasteiger charge is 2.04. The monoisotopic (exact) mass is 219 g/mol. The number of aryl methyl sites for hydroxylation is 1. The maximum Gasteiger partial charge on any atom is 0.130 e. The lowest BCUT2D eigenvalue weighted by molar-refractivity contribution is 0.479. The Morgan fingerprint density at radius 3 is 2.81 bits per heavy atom. The molecule has 0 atom stereocenters. The number of hydrogen-bond acceptors (Lipinski definition) is 2. The summed E-state index contributed by atoms with van der Waals surface area (Å²) >= 11 is 0. The van der Waals surface area contributed by atoms with Crippen LogP contribution in [0.5, 0.6) is 0 Å². The molecule has 2 rings (SSSR count). The number of furan rings is 1. The van der Waals surface area contributed by atoms with Crippen molar-refractivity contribution in [1.29, 1.82) is 0 Å². The van der Waals surface area contributed by atoms with E-state index < -0.39 is 0 Å². The third-order valence-electron chi connectivity index (χ3n) is 2.47. The molecular weight excluding hydrogens is 205 g/mol. The lowest BCUT2D eigenvalue weighted by Crippen LogP contribution is -2.13. The van der Waals surface area contributed by atoms with Crippen LogP contribution in [0.2, 0.25) is 0 Å². The van der Waals surface area contributed by atoms with Crippen LogP contribution in [0.25, 0.3) is 0 Å². The summed E-state index contributed by atoms with van der Waals surface area (Å²) in [5, 5.41) is 3.14. The maximum atomic E-state index is 13.6. The second kappa shape index (κ2) is 4.94. The van der Waals surface area contributed by atoms with Crippen LogP contribution in [0.15, 0.2) is 41.0 Å². The van der Waals surface area contributed by atoms with Crippen LogP contribution in [0.4, 0.5) is 4.39 Å². The minimum Gasteiger partial charge on any atom is -0.468 e. The average molecular weight is 219 g/mol. The zero-order valence-corrected chi connectivity index (χ0v) is 9.16. The third-order valence-corrected chi connectivity index (χ3v) is 2.47. The number of benzene rings is 1. The summed E-state index contributed by atoms with van der Waals surface area (Å²) in [7, 11) is 0. The van der Waals surface area contributed by atoms with Crippen molar-refractivity contribution in [1.82, 2.24) is 5.32 Å². The Morgan fingerprint density at radius 1 is 1.19 bits per heavy atom. The second-order valence-electron chi connectivity index (χ2n) is 3.73. The molecule has 0 aliphatic carbocycles. The molecule has 0 fully saturated rings. The Morgan fingerprint density at radius 2 is 2.06 bits per heavy atom. The predicted molar refractivity (Wildman–Crippen MR) is 60.4 cm³/mol. The van der Waals surface area contributed by atoms with Crippen molar-refractivity contribution >= 4 is 0 Å². The molecule has 0 amide bonds. The summed E-state index contributed by atoms with van der Waals surface area (Å²) in [6.45, 7) is 2.89. The van der Waals surface area contributed by atoms with E-state index in [1.54, 1.807) is 25.3 Å². The van der Waals surface area contributed by atoms with E-state index in [0.717, 1.165) is 5.76 Å². The van der Waals surface area contributed by atoms with Crippen molar-refractivity contribution in [3.8, 4) is 0 Å². The fourth-order valence-electron chi connectivity index (χ4n) is 1.58. The van der Waals surface area contributed by atoms with Gasteiger partial charge in [0.25, 0.3) is 0 Å². The van der Waals surface area contributed by atoms with Crippen molar-refractivity contribution < 1.29 is 8.81 Å². The van der Waals surface area contributed by atoms with Crippen molar-refractivity contribution in [3.63, 3.8) is 0 Å². The fourth-order valence-corrected chi connectivity index (χ4v) is 1.58. The third kappa shape index (κ3) is 2.49. The lowest BCUT2D eigenvalue weighted by Gasteiger charge is -2.06. The van der Waals surface area contributed by atoms with Crippen molar-refractivity contribution in [2.24, 2.45) is 0 Å². The van der Waals surface area contributed by atoms with Crippen LogP contribution in [0.1, 0.15) is 16.9 Å². The van der Waals surface area contributed by atoms with Gasteiger partial charge in [-0.15, -0.1) is 0 Å². The Kier molecular flexibility index (Phi) is 3.37. The van der Waals surface area contributed by atoms with Gasteiger partial charge in [0.15, 0.2) is 0 Å². The van der Waals surface area contributed by atoms with E-state index in [1.165, 1.54) is 0 Å². The van der Waals surface area contributed by atoms with Gasteiger partial charge in [0.2, 0.25) is 0 Å². The zero-order chi connectivity index (χ0) is 11.4. The molecule has 0 aliphatic heterocycles. The second-order valence-corrected chi connectivity index (χ2v) is 3.73. The highest BCUT2D eigenvalue weighted by molar-refractivity contribution is 5.24. The molecule has 3 heteroatoms. The Labute approximate surface area is 94.1 Å². The highest BCUT2D eigenvalue weighted by atomic mass is 19.1. The summed E-state index contributed by atoms with van der Waals surface area (Å²) in [6.07, 6.45) is 1.63. The van der Waals surface area contributed by atoms with Gasteiger partial charge >= 0.3 is 0 Å². The number of nitrogens with one attached hydrogen (secondary N) is 1. The van der Waals surface area contributed by atoms with E-state index in [9.17, 15) is 4.39 Å². The van der Waals surface area contributed by atoms with Gasteiger partial charge < -0.3 is 9.73 Å². The molecular formula is C13H14FNO. The number of rotatable bonds is 4. The molecule has 0 saturated heterocycles. The normalized spacial score (nSPS) is 10.6. The summed E-state index contributed by atoms with van der Waals surface area (Å²) in [5.74, 6) is 0.725. The van der Waals surface area contributed by atoms with Crippen LogP contribution in [-0.2, 0) is 13.1 Å². The molecule has 2 aromatic rings. The topological polar surface area (TPSA) is 25.2 Å². The Balaban J connectivity index is 1.92. The largest absolute Gasteiger partial charge is 0.468 e. The zero-order valence-electron chi connectivity index (χ0n) is 9.16. The van der Waals surface area contributed by atoms with E-state index in [-0.39, 0.29) is 5.82 Å². The van der Waals surface area contributed by atoms with Crippen LogP contribution in [-0.4, -0.2) is 0 Å². The highest BCUT2D eigenvalue weighted by Crippen LogP contribution is 2.11. The standard InChI is InChI=1S/C13H14FNO/c1-10-4-2-5-11(13(10)14)8-15-9-12-6-3-7-16-12/h2-7,15H,8-9H2,1H3. The van der Waals surface area contributed by atoms with Crippen LogP contribution < -0.4 is 5.32 Å². The van der Waals surface area contributed by atoms with Gasteiger partial charge in [-0.25, -0.2) is 4.39 Å². The van der Waals surface area contributed by atoms with Gasteiger partial charge in [-0.2, -0.15) is 0 Å². The van der Waals surface area contributed by atoms with Crippen LogP contribution in [0, 0.1) is 12.7 Å². The average Bonchev–Trinajstić information content (AvgIpc) is 2.77. The molecule has 84 valence electrons. The first kappa shape index (κ1) is 10.9. The summed E-state index contributed by atoms with van der Waals surface area (Å²) in [5.41, 5.74) is 1.36. The van der Waals surface area contributed by atoms with Gasteiger partial charge in [-0.05, 0) is 24.6 Å². The van der Waals surface area contributed by atoms with Gasteiger partial charge in [-0.3, -0.25) is 0 Å². The minimum atomic E-state index is -0.130. The molecule has 0 spiro atoms. The molecule has 1 N–H and O–H groups in total. The molecule has 0 radical (unpaired) electrons. The van der Waals surface area contributed by atoms with E-state index in [0.29, 0.717) is 24.2 Å². The van der Waals surface area contributed by atoms with E-state index in [4.69, 9.17) is 4.42 Å². The Hall–Kier alpha value is -1.61. The predicted octanol–water partition coefficient (Wildman–Crippen LogP) is 3.02. The molecule has 1 aromatic heterocycles.